The van der Waals surface area contributed by atoms with Crippen molar-refractivity contribution in [1.82, 2.24) is 20.3 Å². The highest BCUT2D eigenvalue weighted by Gasteiger charge is 2.45. The summed E-state index contributed by atoms with van der Waals surface area (Å²) in [5, 5.41) is 4.03. The molecule has 152 valence electrons. The maximum atomic E-state index is 12.6. The number of aromatic amines is 1. The molecule has 2 aromatic heterocycles. The molecule has 1 aliphatic rings. The molecule has 2 N–H and O–H groups in total. The van der Waals surface area contributed by atoms with E-state index in [4.69, 9.17) is 0 Å². The number of benzene rings is 1. The first-order valence-electron chi connectivity index (χ1n) is 9.19. The minimum absolute atomic E-state index is 0.0748. The number of amides is 1. The number of fused-ring (bicyclic) bond motifs is 1. The zero-order chi connectivity index (χ0) is 20.6. The van der Waals surface area contributed by atoms with Gasteiger partial charge in [-0.25, -0.2) is 4.98 Å². The van der Waals surface area contributed by atoms with Crippen molar-refractivity contribution in [3.8, 4) is 5.88 Å². The number of ether oxygens (including phenoxy) is 1. The summed E-state index contributed by atoms with van der Waals surface area (Å²) in [5.41, 5.74) is 2.65. The highest BCUT2D eigenvalue weighted by Crippen LogP contribution is 2.49. The molecule has 0 saturated heterocycles. The van der Waals surface area contributed by atoms with Crippen LogP contribution >= 0.6 is 0 Å². The van der Waals surface area contributed by atoms with Gasteiger partial charge in [-0.2, -0.15) is 13.2 Å². The first kappa shape index (κ1) is 19.2. The van der Waals surface area contributed by atoms with E-state index in [2.05, 4.69) is 25.0 Å². The highest BCUT2D eigenvalue weighted by atomic mass is 19.4. The van der Waals surface area contributed by atoms with Gasteiger partial charge in [0.1, 0.15) is 0 Å². The van der Waals surface area contributed by atoms with Gasteiger partial charge in [0.05, 0.1) is 24.1 Å². The van der Waals surface area contributed by atoms with Crippen LogP contribution in [0.3, 0.4) is 0 Å². The second kappa shape index (κ2) is 7.38. The fourth-order valence-corrected chi connectivity index (χ4v) is 3.44. The Bertz CT molecular complexity index is 1020. The summed E-state index contributed by atoms with van der Waals surface area (Å²) in [6.45, 7) is 0.326. The van der Waals surface area contributed by atoms with Crippen LogP contribution < -0.4 is 10.1 Å². The molecule has 6 nitrogen and oxygen atoms in total. The van der Waals surface area contributed by atoms with Crippen molar-refractivity contribution in [2.45, 2.75) is 31.5 Å². The molecule has 1 aromatic carbocycles. The summed E-state index contributed by atoms with van der Waals surface area (Å²) < 4.78 is 41.1. The number of nitrogens with one attached hydrogen (secondary N) is 2. The Labute approximate surface area is 164 Å². The van der Waals surface area contributed by atoms with Crippen LogP contribution in [0.15, 0.2) is 42.9 Å². The first-order valence-corrected chi connectivity index (χ1v) is 9.19. The molecule has 1 fully saturated rings. The van der Waals surface area contributed by atoms with Crippen LogP contribution in [0.5, 0.6) is 5.88 Å². The lowest BCUT2D eigenvalue weighted by Crippen LogP contribution is -2.29. The summed E-state index contributed by atoms with van der Waals surface area (Å²) in [6, 6.07) is 7.61. The number of nitrogens with zero attached hydrogens (tertiary/aromatic N) is 2. The van der Waals surface area contributed by atoms with Crippen LogP contribution in [-0.4, -0.2) is 33.6 Å². The summed E-state index contributed by atoms with van der Waals surface area (Å²) in [6.07, 6.45) is 0.651. The van der Waals surface area contributed by atoms with Crippen molar-refractivity contribution in [2.75, 3.05) is 6.61 Å². The molecule has 1 amide bonds. The van der Waals surface area contributed by atoms with Crippen LogP contribution in [0, 0.1) is 5.92 Å². The largest absolute Gasteiger partial charge is 0.467 e. The second-order valence-corrected chi connectivity index (χ2v) is 7.15. The maximum absolute atomic E-state index is 12.6. The molecule has 0 aliphatic heterocycles. The van der Waals surface area contributed by atoms with E-state index in [9.17, 15) is 18.0 Å². The minimum atomic E-state index is -4.44. The van der Waals surface area contributed by atoms with Crippen molar-refractivity contribution < 1.29 is 22.7 Å². The van der Waals surface area contributed by atoms with Crippen molar-refractivity contribution >= 4 is 16.8 Å². The van der Waals surface area contributed by atoms with Crippen LogP contribution in [0.1, 0.15) is 36.6 Å². The standard InChI is InChI=1S/C20H19F3N4O2/c1-11(17-8-26-18(9-25-17)29-10-20(21,22)23)27-19(28)15-7-14(15)12-3-2-4-16-13(12)5-6-24-16/h2-6,8-9,11,14-15,24H,7,10H2,1H3,(H,27,28)/t11-,14?,15?/m1/s1. The quantitative estimate of drug-likeness (QED) is 0.654. The van der Waals surface area contributed by atoms with Gasteiger partial charge in [0.15, 0.2) is 6.61 Å². The Morgan fingerprint density at radius 2 is 2.14 bits per heavy atom. The molecule has 2 unspecified atom stereocenters. The van der Waals surface area contributed by atoms with E-state index >= 15 is 0 Å². The number of carbonyl (C=O) groups excluding carboxylic acids is 1. The molecular weight excluding hydrogens is 385 g/mol. The van der Waals surface area contributed by atoms with Crippen molar-refractivity contribution in [2.24, 2.45) is 5.92 Å². The van der Waals surface area contributed by atoms with E-state index in [0.717, 1.165) is 29.1 Å². The molecule has 2 heterocycles. The zero-order valence-electron chi connectivity index (χ0n) is 15.5. The summed E-state index contributed by atoms with van der Waals surface area (Å²) in [5.74, 6) is -0.230. The fourth-order valence-electron chi connectivity index (χ4n) is 3.44. The van der Waals surface area contributed by atoms with Crippen LogP contribution in [0.25, 0.3) is 10.9 Å². The fraction of sp³-hybridized carbons (Fsp3) is 0.350. The Morgan fingerprint density at radius 3 is 2.86 bits per heavy atom. The van der Waals surface area contributed by atoms with Gasteiger partial charge in [-0.15, -0.1) is 0 Å². The van der Waals surface area contributed by atoms with Gasteiger partial charge < -0.3 is 15.0 Å². The van der Waals surface area contributed by atoms with Gasteiger partial charge in [-0.1, -0.05) is 12.1 Å². The number of aromatic nitrogens is 3. The van der Waals surface area contributed by atoms with E-state index in [1.165, 1.54) is 6.20 Å². The summed E-state index contributed by atoms with van der Waals surface area (Å²) in [4.78, 5) is 23.7. The molecular formula is C20H19F3N4O2. The van der Waals surface area contributed by atoms with Gasteiger partial charge in [-0.05, 0) is 37.0 Å². The van der Waals surface area contributed by atoms with E-state index in [0.29, 0.717) is 5.69 Å². The van der Waals surface area contributed by atoms with Crippen molar-refractivity contribution in [3.63, 3.8) is 0 Å². The van der Waals surface area contributed by atoms with Crippen molar-refractivity contribution in [3.05, 3.63) is 54.1 Å². The molecule has 29 heavy (non-hydrogen) atoms. The predicted octanol–water partition coefficient (Wildman–Crippen LogP) is 3.88. The monoisotopic (exact) mass is 404 g/mol. The van der Waals surface area contributed by atoms with E-state index in [1.54, 1.807) is 6.92 Å². The first-order chi connectivity index (χ1) is 13.8. The predicted molar refractivity (Wildman–Crippen MR) is 99.3 cm³/mol. The topological polar surface area (TPSA) is 79.9 Å². The highest BCUT2D eigenvalue weighted by molar-refractivity contribution is 5.88. The van der Waals surface area contributed by atoms with Crippen LogP contribution in [-0.2, 0) is 4.79 Å². The average molecular weight is 404 g/mol. The molecule has 4 rings (SSSR count). The Morgan fingerprint density at radius 1 is 1.31 bits per heavy atom. The number of alkyl halides is 3. The molecule has 0 radical (unpaired) electrons. The summed E-state index contributed by atoms with van der Waals surface area (Å²) >= 11 is 0. The lowest BCUT2D eigenvalue weighted by Gasteiger charge is -2.14. The SMILES string of the molecule is C[C@@H](NC(=O)C1CC1c1cccc2[nH]ccc12)c1cnc(OCC(F)(F)F)cn1. The van der Waals surface area contributed by atoms with E-state index in [1.807, 2.05) is 30.5 Å². The molecule has 0 bridgehead atoms. The molecule has 3 aromatic rings. The van der Waals surface area contributed by atoms with Gasteiger partial charge in [0, 0.05) is 23.0 Å². The number of hydrogen-bond acceptors (Lipinski definition) is 4. The van der Waals surface area contributed by atoms with Gasteiger partial charge in [-0.3, -0.25) is 9.78 Å². The Hall–Kier alpha value is -3.10. The third-order valence-electron chi connectivity index (χ3n) is 4.99. The third kappa shape index (κ3) is 4.33. The van der Waals surface area contributed by atoms with Crippen LogP contribution in [0.2, 0.25) is 0 Å². The summed E-state index contributed by atoms with van der Waals surface area (Å²) in [7, 11) is 0. The molecule has 1 saturated carbocycles. The normalized spacial score (nSPS) is 19.7. The third-order valence-corrected chi connectivity index (χ3v) is 4.99. The zero-order valence-corrected chi connectivity index (χ0v) is 15.5. The van der Waals surface area contributed by atoms with Gasteiger partial charge in [0.2, 0.25) is 11.8 Å². The number of H-pyrrole nitrogens is 1. The number of rotatable bonds is 6. The molecule has 3 atom stereocenters. The Balaban J connectivity index is 1.35. The lowest BCUT2D eigenvalue weighted by molar-refractivity contribution is -0.154. The second-order valence-electron chi connectivity index (χ2n) is 7.15. The molecule has 1 aliphatic carbocycles. The minimum Gasteiger partial charge on any atom is -0.467 e. The molecule has 9 heteroatoms. The smallest absolute Gasteiger partial charge is 0.422 e. The van der Waals surface area contributed by atoms with Gasteiger partial charge >= 0.3 is 6.18 Å². The number of hydrogen-bond donors (Lipinski definition) is 2. The van der Waals surface area contributed by atoms with E-state index < -0.39 is 18.8 Å². The number of halogens is 3. The Kier molecular flexibility index (Phi) is 4.89. The van der Waals surface area contributed by atoms with E-state index in [-0.39, 0.29) is 23.6 Å². The van der Waals surface area contributed by atoms with Crippen molar-refractivity contribution in [1.29, 1.82) is 0 Å². The average Bonchev–Trinajstić information content (AvgIpc) is 3.34. The number of carbonyl (C=O) groups is 1. The van der Waals surface area contributed by atoms with Gasteiger partial charge in [0.25, 0.3) is 0 Å². The molecule has 0 spiro atoms. The van der Waals surface area contributed by atoms with Crippen LogP contribution in [0.4, 0.5) is 13.2 Å². The maximum Gasteiger partial charge on any atom is 0.422 e. The lowest BCUT2D eigenvalue weighted by atomic mass is 10.0.